The van der Waals surface area contributed by atoms with E-state index in [0.717, 1.165) is 0 Å². The van der Waals surface area contributed by atoms with Gasteiger partial charge in [-0.05, 0) is 38.4 Å². The number of aliphatic hydroxyl groups is 1. The van der Waals surface area contributed by atoms with Crippen LogP contribution in [0.3, 0.4) is 0 Å². The summed E-state index contributed by atoms with van der Waals surface area (Å²) in [4.78, 5) is 0. The Balaban J connectivity index is 2.03. The van der Waals surface area contributed by atoms with Gasteiger partial charge in [0.1, 0.15) is 0 Å². The summed E-state index contributed by atoms with van der Waals surface area (Å²) in [6.07, 6.45) is 3.40. The molecule has 4 heteroatoms. The highest BCUT2D eigenvalue weighted by molar-refractivity contribution is 7.80. The zero-order valence-electron chi connectivity index (χ0n) is 7.34. The summed E-state index contributed by atoms with van der Waals surface area (Å²) in [7, 11) is 0. The van der Waals surface area contributed by atoms with E-state index in [1.54, 1.807) is 6.92 Å². The van der Waals surface area contributed by atoms with Gasteiger partial charge in [-0.1, -0.05) is 0 Å². The summed E-state index contributed by atoms with van der Waals surface area (Å²) in [5, 5.41) is 15.8. The molecule has 3 nitrogen and oxygen atoms in total. The highest BCUT2D eigenvalue weighted by Gasteiger charge is 2.17. The van der Waals surface area contributed by atoms with E-state index in [0.29, 0.717) is 17.7 Å². The third-order valence-electron chi connectivity index (χ3n) is 2.00. The summed E-state index contributed by atoms with van der Waals surface area (Å²) in [5.41, 5.74) is 0. The molecule has 1 atom stereocenters. The molecule has 1 saturated carbocycles. The number of hydrogen-bond donors (Lipinski definition) is 3. The lowest BCUT2D eigenvalue weighted by Gasteiger charge is -2.28. The second-order valence-electron chi connectivity index (χ2n) is 3.33. The molecule has 0 amide bonds. The topological polar surface area (TPSA) is 44.3 Å². The molecule has 0 unspecified atom stereocenters. The SMILES string of the molecule is C[C@H](O)CNC(=S)NC1CCC1. The van der Waals surface area contributed by atoms with Crippen molar-refractivity contribution >= 4 is 17.3 Å². The van der Waals surface area contributed by atoms with Gasteiger partial charge in [-0.2, -0.15) is 0 Å². The second kappa shape index (κ2) is 4.62. The van der Waals surface area contributed by atoms with Crippen molar-refractivity contribution in [2.24, 2.45) is 0 Å². The van der Waals surface area contributed by atoms with Crippen molar-refractivity contribution in [3.05, 3.63) is 0 Å². The van der Waals surface area contributed by atoms with Crippen molar-refractivity contribution in [2.75, 3.05) is 6.54 Å². The van der Waals surface area contributed by atoms with Crippen LogP contribution >= 0.6 is 12.2 Å². The van der Waals surface area contributed by atoms with Crippen LogP contribution < -0.4 is 10.6 Å². The summed E-state index contributed by atoms with van der Waals surface area (Å²) < 4.78 is 0. The predicted molar refractivity (Wildman–Crippen MR) is 53.1 cm³/mol. The van der Waals surface area contributed by atoms with E-state index in [-0.39, 0.29) is 6.10 Å². The third kappa shape index (κ3) is 3.36. The third-order valence-corrected chi connectivity index (χ3v) is 2.26. The van der Waals surface area contributed by atoms with Crippen LogP contribution in [0.1, 0.15) is 26.2 Å². The lowest BCUT2D eigenvalue weighted by atomic mass is 9.93. The quantitative estimate of drug-likeness (QED) is 0.560. The molecule has 0 aromatic heterocycles. The molecule has 0 heterocycles. The minimum atomic E-state index is -0.342. The van der Waals surface area contributed by atoms with Crippen LogP contribution in [0.4, 0.5) is 0 Å². The Morgan fingerprint density at radius 2 is 2.33 bits per heavy atom. The van der Waals surface area contributed by atoms with Gasteiger partial charge in [0.05, 0.1) is 6.10 Å². The van der Waals surface area contributed by atoms with Crippen molar-refractivity contribution in [2.45, 2.75) is 38.3 Å². The van der Waals surface area contributed by atoms with Crippen molar-refractivity contribution in [3.8, 4) is 0 Å². The van der Waals surface area contributed by atoms with Crippen molar-refractivity contribution in [1.29, 1.82) is 0 Å². The molecule has 0 radical (unpaired) electrons. The van der Waals surface area contributed by atoms with Gasteiger partial charge >= 0.3 is 0 Å². The number of nitrogens with one attached hydrogen (secondary N) is 2. The number of rotatable bonds is 3. The monoisotopic (exact) mass is 188 g/mol. The van der Waals surface area contributed by atoms with Crippen LogP contribution in [-0.4, -0.2) is 28.9 Å². The van der Waals surface area contributed by atoms with Gasteiger partial charge in [-0.25, -0.2) is 0 Å². The van der Waals surface area contributed by atoms with E-state index < -0.39 is 0 Å². The Bertz CT molecular complexity index is 157. The largest absolute Gasteiger partial charge is 0.392 e. The first kappa shape index (κ1) is 9.74. The Hall–Kier alpha value is -0.350. The highest BCUT2D eigenvalue weighted by atomic mass is 32.1. The first-order valence-corrected chi connectivity index (χ1v) is 4.81. The molecule has 1 fully saturated rings. The van der Waals surface area contributed by atoms with Crippen LogP contribution in [0.5, 0.6) is 0 Å². The molecule has 3 N–H and O–H groups in total. The summed E-state index contributed by atoms with van der Waals surface area (Å²) >= 11 is 5.02. The van der Waals surface area contributed by atoms with E-state index in [1.807, 2.05) is 0 Å². The number of thiocarbonyl (C=S) groups is 1. The fourth-order valence-corrected chi connectivity index (χ4v) is 1.28. The second-order valence-corrected chi connectivity index (χ2v) is 3.74. The number of hydrogen-bond acceptors (Lipinski definition) is 2. The smallest absolute Gasteiger partial charge is 0.166 e. The summed E-state index contributed by atoms with van der Waals surface area (Å²) in [6, 6.07) is 0.569. The average molecular weight is 188 g/mol. The van der Waals surface area contributed by atoms with Crippen LogP contribution in [-0.2, 0) is 0 Å². The maximum absolute atomic E-state index is 8.96. The van der Waals surface area contributed by atoms with Crippen molar-refractivity contribution < 1.29 is 5.11 Å². The molecule has 0 saturated heterocycles. The molecule has 0 aliphatic heterocycles. The lowest BCUT2D eigenvalue weighted by Crippen LogP contribution is -2.46. The molecule has 12 heavy (non-hydrogen) atoms. The Labute approximate surface area is 78.5 Å². The maximum atomic E-state index is 8.96. The lowest BCUT2D eigenvalue weighted by molar-refractivity contribution is 0.197. The van der Waals surface area contributed by atoms with Gasteiger partial charge in [0.25, 0.3) is 0 Å². The molecule has 0 spiro atoms. The van der Waals surface area contributed by atoms with E-state index >= 15 is 0 Å². The van der Waals surface area contributed by atoms with E-state index in [4.69, 9.17) is 17.3 Å². The molecule has 1 aliphatic rings. The van der Waals surface area contributed by atoms with E-state index in [2.05, 4.69) is 10.6 Å². The van der Waals surface area contributed by atoms with E-state index in [1.165, 1.54) is 19.3 Å². The zero-order chi connectivity index (χ0) is 8.97. The minimum absolute atomic E-state index is 0.342. The van der Waals surface area contributed by atoms with Gasteiger partial charge in [0, 0.05) is 12.6 Å². The molecule has 1 rings (SSSR count). The molecular weight excluding hydrogens is 172 g/mol. The first-order chi connectivity index (χ1) is 5.68. The fraction of sp³-hybridized carbons (Fsp3) is 0.875. The minimum Gasteiger partial charge on any atom is -0.392 e. The normalized spacial score (nSPS) is 19.5. The predicted octanol–water partition coefficient (Wildman–Crippen LogP) is 0.384. The molecule has 0 aromatic carbocycles. The summed E-state index contributed by atoms with van der Waals surface area (Å²) in [6.45, 7) is 2.26. The van der Waals surface area contributed by atoms with Crippen molar-refractivity contribution in [1.82, 2.24) is 10.6 Å². The first-order valence-electron chi connectivity index (χ1n) is 4.41. The van der Waals surface area contributed by atoms with E-state index in [9.17, 15) is 0 Å². The Morgan fingerprint density at radius 3 is 2.75 bits per heavy atom. The maximum Gasteiger partial charge on any atom is 0.166 e. The Morgan fingerprint density at radius 1 is 1.67 bits per heavy atom. The zero-order valence-corrected chi connectivity index (χ0v) is 8.16. The van der Waals surface area contributed by atoms with Crippen molar-refractivity contribution in [3.63, 3.8) is 0 Å². The molecule has 1 aliphatic carbocycles. The average Bonchev–Trinajstić information content (AvgIpc) is 1.93. The molecule has 0 bridgehead atoms. The van der Waals surface area contributed by atoms with Crippen LogP contribution in [0.15, 0.2) is 0 Å². The van der Waals surface area contributed by atoms with Crippen LogP contribution in [0.2, 0.25) is 0 Å². The fourth-order valence-electron chi connectivity index (χ4n) is 1.03. The van der Waals surface area contributed by atoms with Crippen LogP contribution in [0, 0.1) is 0 Å². The van der Waals surface area contributed by atoms with Gasteiger partial charge < -0.3 is 15.7 Å². The highest BCUT2D eigenvalue weighted by Crippen LogP contribution is 2.17. The van der Waals surface area contributed by atoms with Gasteiger partial charge in [-0.15, -0.1) is 0 Å². The van der Waals surface area contributed by atoms with Gasteiger partial charge in [-0.3, -0.25) is 0 Å². The Kier molecular flexibility index (Phi) is 3.75. The molecule has 70 valence electrons. The standard InChI is InChI=1S/C8H16N2OS/c1-6(11)5-9-8(12)10-7-3-2-4-7/h6-7,11H,2-5H2,1H3,(H2,9,10,12)/t6-/m0/s1. The molecule has 0 aromatic rings. The summed E-state index contributed by atoms with van der Waals surface area (Å²) in [5.74, 6) is 0. The number of aliphatic hydroxyl groups excluding tert-OH is 1. The van der Waals surface area contributed by atoms with Gasteiger partial charge in [0.15, 0.2) is 5.11 Å². The molecular formula is C8H16N2OS. The van der Waals surface area contributed by atoms with Crippen LogP contribution in [0.25, 0.3) is 0 Å². The van der Waals surface area contributed by atoms with Gasteiger partial charge in [0.2, 0.25) is 0 Å².